The highest BCUT2D eigenvalue weighted by Gasteiger charge is 2.28. The zero-order chi connectivity index (χ0) is 22.8. The number of ether oxygens (including phenoxy) is 2. The quantitative estimate of drug-likeness (QED) is 0.521. The van der Waals surface area contributed by atoms with Crippen LogP contribution in [-0.4, -0.2) is 38.1 Å². The molecule has 3 aromatic rings. The average molecular weight is 450 g/mol. The summed E-state index contributed by atoms with van der Waals surface area (Å²) in [6, 6.07) is 7.87. The maximum atomic E-state index is 10.2. The molecule has 4 heterocycles. The minimum atomic E-state index is -1.02. The molecule has 0 atom stereocenters. The first kappa shape index (κ1) is 21.9. The number of nitrogens with one attached hydrogen (secondary N) is 1. The Morgan fingerprint density at radius 1 is 1.09 bits per heavy atom. The van der Waals surface area contributed by atoms with E-state index >= 15 is 0 Å². The fourth-order valence-corrected chi connectivity index (χ4v) is 4.22. The number of aromatic nitrogens is 4. The fraction of sp³-hybridized carbons (Fsp3) is 0.480. The van der Waals surface area contributed by atoms with Crippen LogP contribution in [0.3, 0.4) is 0 Å². The Morgan fingerprint density at radius 2 is 1.88 bits per heavy atom. The molecule has 0 aromatic carbocycles. The van der Waals surface area contributed by atoms with E-state index < -0.39 is 5.60 Å². The maximum absolute atomic E-state index is 10.2. The highest BCUT2D eigenvalue weighted by atomic mass is 16.5. The molecule has 1 saturated carbocycles. The predicted molar refractivity (Wildman–Crippen MR) is 125 cm³/mol. The standard InChI is InChI=1S/C25H31N5O3/c1-25(2,31)22-14-18(6-10-26-22)28-23-15-20(7-11-27-23)33-21-16-30(19-4-3-5-19)29-24(21)17-8-12-32-13-9-17/h6-7,10-11,14-17,19,31H,3-5,8-9,12-13H2,1-2H3,(H,26,27,28). The van der Waals surface area contributed by atoms with Crippen molar-refractivity contribution in [3.8, 4) is 11.5 Å². The molecule has 3 aromatic heterocycles. The summed E-state index contributed by atoms with van der Waals surface area (Å²) in [4.78, 5) is 8.68. The van der Waals surface area contributed by atoms with Gasteiger partial charge in [-0.3, -0.25) is 9.67 Å². The zero-order valence-electron chi connectivity index (χ0n) is 19.2. The van der Waals surface area contributed by atoms with Crippen molar-refractivity contribution < 1.29 is 14.6 Å². The van der Waals surface area contributed by atoms with Crippen molar-refractivity contribution in [2.24, 2.45) is 0 Å². The monoisotopic (exact) mass is 449 g/mol. The molecule has 1 saturated heterocycles. The molecule has 1 aliphatic carbocycles. The molecule has 0 radical (unpaired) electrons. The van der Waals surface area contributed by atoms with Crippen LogP contribution in [0.5, 0.6) is 11.5 Å². The van der Waals surface area contributed by atoms with Gasteiger partial charge in [-0.2, -0.15) is 5.10 Å². The molecular formula is C25H31N5O3. The number of hydrogen-bond donors (Lipinski definition) is 2. The number of nitrogens with zero attached hydrogens (tertiary/aromatic N) is 4. The van der Waals surface area contributed by atoms with Crippen molar-refractivity contribution in [1.29, 1.82) is 0 Å². The second-order valence-corrected chi connectivity index (χ2v) is 9.42. The third-order valence-electron chi connectivity index (χ3n) is 6.40. The lowest BCUT2D eigenvalue weighted by Crippen LogP contribution is -2.19. The molecule has 2 aliphatic rings. The topological polar surface area (TPSA) is 94.3 Å². The van der Waals surface area contributed by atoms with Crippen molar-refractivity contribution in [2.45, 2.75) is 63.5 Å². The van der Waals surface area contributed by atoms with Crippen LogP contribution in [0.15, 0.2) is 42.9 Å². The Labute approximate surface area is 194 Å². The van der Waals surface area contributed by atoms with E-state index in [0.717, 1.165) is 43.2 Å². The van der Waals surface area contributed by atoms with Gasteiger partial charge < -0.3 is 19.9 Å². The van der Waals surface area contributed by atoms with E-state index in [1.165, 1.54) is 19.3 Å². The Bertz CT molecular complexity index is 1100. The molecule has 1 aliphatic heterocycles. The fourth-order valence-electron chi connectivity index (χ4n) is 4.22. The summed E-state index contributed by atoms with van der Waals surface area (Å²) >= 11 is 0. The van der Waals surface area contributed by atoms with Gasteiger partial charge in [-0.15, -0.1) is 0 Å². The molecule has 2 N–H and O–H groups in total. The van der Waals surface area contributed by atoms with Crippen LogP contribution in [0.1, 0.15) is 69.3 Å². The second kappa shape index (κ2) is 9.11. The lowest BCUT2D eigenvalue weighted by Gasteiger charge is -2.25. The van der Waals surface area contributed by atoms with Crippen LogP contribution >= 0.6 is 0 Å². The first-order valence-electron chi connectivity index (χ1n) is 11.7. The Balaban J connectivity index is 1.37. The normalized spacial score (nSPS) is 17.5. The van der Waals surface area contributed by atoms with E-state index in [-0.39, 0.29) is 0 Å². The highest BCUT2D eigenvalue weighted by molar-refractivity contribution is 5.58. The van der Waals surface area contributed by atoms with Crippen LogP contribution in [0.2, 0.25) is 0 Å². The van der Waals surface area contributed by atoms with Gasteiger partial charge in [-0.1, -0.05) is 0 Å². The maximum Gasteiger partial charge on any atom is 0.168 e. The summed E-state index contributed by atoms with van der Waals surface area (Å²) in [6.07, 6.45) is 11.0. The van der Waals surface area contributed by atoms with Crippen molar-refractivity contribution in [1.82, 2.24) is 19.7 Å². The molecule has 0 amide bonds. The van der Waals surface area contributed by atoms with E-state index in [9.17, 15) is 5.11 Å². The highest BCUT2D eigenvalue weighted by Crippen LogP contribution is 2.39. The molecular weight excluding hydrogens is 418 g/mol. The summed E-state index contributed by atoms with van der Waals surface area (Å²) < 4.78 is 14.0. The van der Waals surface area contributed by atoms with E-state index in [2.05, 4.69) is 26.2 Å². The van der Waals surface area contributed by atoms with E-state index in [4.69, 9.17) is 14.6 Å². The van der Waals surface area contributed by atoms with Crippen LogP contribution in [0.4, 0.5) is 11.5 Å². The number of anilines is 2. The van der Waals surface area contributed by atoms with Crippen molar-refractivity contribution in [2.75, 3.05) is 18.5 Å². The molecule has 8 nitrogen and oxygen atoms in total. The van der Waals surface area contributed by atoms with Crippen molar-refractivity contribution in [3.05, 3.63) is 54.2 Å². The Morgan fingerprint density at radius 3 is 2.61 bits per heavy atom. The van der Waals surface area contributed by atoms with Gasteiger partial charge in [0, 0.05) is 43.3 Å². The summed E-state index contributed by atoms with van der Waals surface area (Å²) in [7, 11) is 0. The molecule has 0 bridgehead atoms. The van der Waals surface area contributed by atoms with E-state index in [0.29, 0.717) is 29.2 Å². The third kappa shape index (κ3) is 5.02. The number of aliphatic hydroxyl groups is 1. The van der Waals surface area contributed by atoms with Gasteiger partial charge in [0.25, 0.3) is 0 Å². The first-order chi connectivity index (χ1) is 16.0. The van der Waals surface area contributed by atoms with Gasteiger partial charge in [0.1, 0.15) is 22.9 Å². The van der Waals surface area contributed by atoms with Crippen LogP contribution in [0, 0.1) is 0 Å². The lowest BCUT2D eigenvalue weighted by molar-refractivity contribution is 0.0739. The van der Waals surface area contributed by atoms with Gasteiger partial charge in [-0.25, -0.2) is 4.98 Å². The lowest BCUT2D eigenvalue weighted by atomic mass is 9.93. The average Bonchev–Trinajstić information content (AvgIpc) is 3.16. The Kier molecular flexibility index (Phi) is 6.03. The minimum absolute atomic E-state index is 0.353. The smallest absolute Gasteiger partial charge is 0.168 e. The summed E-state index contributed by atoms with van der Waals surface area (Å²) in [6.45, 7) is 4.96. The first-order valence-corrected chi connectivity index (χ1v) is 11.7. The summed E-state index contributed by atoms with van der Waals surface area (Å²) in [5.74, 6) is 2.52. The number of hydrogen-bond acceptors (Lipinski definition) is 7. The second-order valence-electron chi connectivity index (χ2n) is 9.42. The van der Waals surface area contributed by atoms with Crippen LogP contribution < -0.4 is 10.1 Å². The van der Waals surface area contributed by atoms with Gasteiger partial charge in [-0.05, 0) is 64.2 Å². The number of rotatable bonds is 7. The van der Waals surface area contributed by atoms with Crippen molar-refractivity contribution >= 4 is 11.5 Å². The third-order valence-corrected chi connectivity index (χ3v) is 6.40. The molecule has 174 valence electrons. The van der Waals surface area contributed by atoms with E-state index in [1.807, 2.05) is 24.3 Å². The molecule has 8 heteroatoms. The molecule has 5 rings (SSSR count). The van der Waals surface area contributed by atoms with Gasteiger partial charge in [0.15, 0.2) is 5.75 Å². The summed E-state index contributed by atoms with van der Waals surface area (Å²) in [5.41, 5.74) is 1.40. The summed E-state index contributed by atoms with van der Waals surface area (Å²) in [5, 5.41) is 18.5. The minimum Gasteiger partial charge on any atom is -0.454 e. The molecule has 33 heavy (non-hydrogen) atoms. The molecule has 0 unspecified atom stereocenters. The van der Waals surface area contributed by atoms with Gasteiger partial charge in [0.2, 0.25) is 0 Å². The number of pyridine rings is 2. The molecule has 2 fully saturated rings. The van der Waals surface area contributed by atoms with Crippen LogP contribution in [0.25, 0.3) is 0 Å². The Hall–Kier alpha value is -2.97. The molecule has 0 spiro atoms. The zero-order valence-corrected chi connectivity index (χ0v) is 19.2. The SMILES string of the molecule is CC(C)(O)c1cc(Nc2cc(Oc3cn(C4CCC4)nc3C3CCOCC3)ccn2)ccn1. The van der Waals surface area contributed by atoms with Crippen LogP contribution in [-0.2, 0) is 10.3 Å². The predicted octanol–water partition coefficient (Wildman–Crippen LogP) is 5.06. The van der Waals surface area contributed by atoms with E-state index in [1.54, 1.807) is 26.2 Å². The van der Waals surface area contributed by atoms with Gasteiger partial charge >= 0.3 is 0 Å². The van der Waals surface area contributed by atoms with Gasteiger partial charge in [0.05, 0.1) is 17.9 Å². The largest absolute Gasteiger partial charge is 0.454 e. The van der Waals surface area contributed by atoms with Crippen molar-refractivity contribution in [3.63, 3.8) is 0 Å².